The van der Waals surface area contributed by atoms with Crippen molar-refractivity contribution in [3.05, 3.63) is 52.0 Å². The molecule has 2 aromatic rings. The highest BCUT2D eigenvalue weighted by Gasteiger charge is 2.11. The van der Waals surface area contributed by atoms with E-state index in [1.165, 1.54) is 0 Å². The molecular weight excluding hydrogens is 292 g/mol. The predicted molar refractivity (Wildman–Crippen MR) is 74.5 cm³/mol. The van der Waals surface area contributed by atoms with E-state index in [4.69, 9.17) is 15.7 Å². The van der Waals surface area contributed by atoms with Gasteiger partial charge in [-0.05, 0) is 46.6 Å². The fourth-order valence-electron chi connectivity index (χ4n) is 1.59. The molecule has 2 N–H and O–H groups in total. The molecule has 0 saturated carbocycles. The van der Waals surface area contributed by atoms with Crippen molar-refractivity contribution in [1.29, 1.82) is 5.26 Å². The Balaban J connectivity index is 2.47. The molecule has 0 amide bonds. The standard InChI is InChI=1S/C14H11BrN2O/c1-9-4-2-5-10(8-16)14(9)18-12-7-3-6-11(17)13(12)15/h2-7H,17H2,1H3. The van der Waals surface area contributed by atoms with Crippen LogP contribution in [0.3, 0.4) is 0 Å². The first kappa shape index (κ1) is 12.5. The number of halogens is 1. The van der Waals surface area contributed by atoms with Gasteiger partial charge in [0.05, 0.1) is 10.0 Å². The number of nitrogen functional groups attached to an aromatic ring is 1. The van der Waals surface area contributed by atoms with Crippen LogP contribution < -0.4 is 10.5 Å². The van der Waals surface area contributed by atoms with E-state index in [2.05, 4.69) is 22.0 Å². The van der Waals surface area contributed by atoms with Gasteiger partial charge in [-0.1, -0.05) is 18.2 Å². The molecule has 2 aromatic carbocycles. The van der Waals surface area contributed by atoms with Crippen LogP contribution in [0.4, 0.5) is 5.69 Å². The monoisotopic (exact) mass is 302 g/mol. The molecule has 0 saturated heterocycles. The molecule has 2 rings (SSSR count). The molecule has 0 aliphatic carbocycles. The second-order valence-electron chi connectivity index (χ2n) is 3.82. The van der Waals surface area contributed by atoms with Crippen molar-refractivity contribution in [3.8, 4) is 17.6 Å². The summed E-state index contributed by atoms with van der Waals surface area (Å²) in [5, 5.41) is 9.08. The summed E-state index contributed by atoms with van der Waals surface area (Å²) in [6.45, 7) is 1.90. The van der Waals surface area contributed by atoms with E-state index in [9.17, 15) is 0 Å². The molecule has 18 heavy (non-hydrogen) atoms. The van der Waals surface area contributed by atoms with E-state index in [-0.39, 0.29) is 0 Å². The molecule has 0 bridgehead atoms. The molecule has 4 heteroatoms. The molecule has 0 aliphatic rings. The van der Waals surface area contributed by atoms with Crippen LogP contribution in [0.1, 0.15) is 11.1 Å². The van der Waals surface area contributed by atoms with Gasteiger partial charge in [0.15, 0.2) is 0 Å². The van der Waals surface area contributed by atoms with Crippen LogP contribution in [0.25, 0.3) is 0 Å². The molecule has 3 nitrogen and oxygen atoms in total. The van der Waals surface area contributed by atoms with Gasteiger partial charge in [0, 0.05) is 5.69 Å². The fourth-order valence-corrected chi connectivity index (χ4v) is 1.94. The molecular formula is C14H11BrN2O. The van der Waals surface area contributed by atoms with Gasteiger partial charge in [-0.25, -0.2) is 0 Å². The average Bonchev–Trinajstić information content (AvgIpc) is 2.37. The van der Waals surface area contributed by atoms with Gasteiger partial charge in [-0.2, -0.15) is 5.26 Å². The molecule has 90 valence electrons. The maximum absolute atomic E-state index is 9.08. The van der Waals surface area contributed by atoms with Crippen LogP contribution in [0.5, 0.6) is 11.5 Å². The molecule has 0 aromatic heterocycles. The first-order chi connectivity index (χ1) is 8.63. The summed E-state index contributed by atoms with van der Waals surface area (Å²) in [5.74, 6) is 1.16. The summed E-state index contributed by atoms with van der Waals surface area (Å²) >= 11 is 3.38. The smallest absolute Gasteiger partial charge is 0.148 e. The van der Waals surface area contributed by atoms with E-state index in [1.807, 2.05) is 19.1 Å². The molecule has 0 aliphatic heterocycles. The fraction of sp³-hybridized carbons (Fsp3) is 0.0714. The lowest BCUT2D eigenvalue weighted by Gasteiger charge is -2.12. The molecule has 0 atom stereocenters. The van der Waals surface area contributed by atoms with E-state index in [0.29, 0.717) is 27.2 Å². The van der Waals surface area contributed by atoms with Gasteiger partial charge in [0.2, 0.25) is 0 Å². The van der Waals surface area contributed by atoms with Crippen molar-refractivity contribution in [2.75, 3.05) is 5.73 Å². The van der Waals surface area contributed by atoms with Crippen LogP contribution in [0.15, 0.2) is 40.9 Å². The van der Waals surface area contributed by atoms with Crippen molar-refractivity contribution in [1.82, 2.24) is 0 Å². The number of rotatable bonds is 2. The third-order valence-corrected chi connectivity index (χ3v) is 3.39. The summed E-state index contributed by atoms with van der Waals surface area (Å²) < 4.78 is 6.49. The Labute approximate surface area is 114 Å². The van der Waals surface area contributed by atoms with Crippen molar-refractivity contribution in [2.45, 2.75) is 6.92 Å². The zero-order chi connectivity index (χ0) is 13.1. The van der Waals surface area contributed by atoms with Gasteiger partial charge in [-0.3, -0.25) is 0 Å². The van der Waals surface area contributed by atoms with Crippen LogP contribution in [0, 0.1) is 18.3 Å². The number of anilines is 1. The SMILES string of the molecule is Cc1cccc(C#N)c1Oc1cccc(N)c1Br. The Hall–Kier alpha value is -1.99. The quantitative estimate of drug-likeness (QED) is 0.853. The van der Waals surface area contributed by atoms with Crippen LogP contribution >= 0.6 is 15.9 Å². The second-order valence-corrected chi connectivity index (χ2v) is 4.62. The molecule has 0 spiro atoms. The molecule has 0 radical (unpaired) electrons. The Morgan fingerprint density at radius 2 is 1.94 bits per heavy atom. The summed E-state index contributed by atoms with van der Waals surface area (Å²) in [4.78, 5) is 0. The second kappa shape index (κ2) is 5.11. The van der Waals surface area contributed by atoms with Crippen LogP contribution in [0.2, 0.25) is 0 Å². The maximum Gasteiger partial charge on any atom is 0.148 e. The van der Waals surface area contributed by atoms with Crippen LogP contribution in [-0.4, -0.2) is 0 Å². The van der Waals surface area contributed by atoms with Gasteiger partial charge in [-0.15, -0.1) is 0 Å². The van der Waals surface area contributed by atoms with E-state index in [1.54, 1.807) is 24.3 Å². The van der Waals surface area contributed by atoms with E-state index < -0.39 is 0 Å². The van der Waals surface area contributed by atoms with Crippen molar-refractivity contribution >= 4 is 21.6 Å². The topological polar surface area (TPSA) is 59.0 Å². The molecule has 0 heterocycles. The number of para-hydroxylation sites is 1. The highest BCUT2D eigenvalue weighted by atomic mass is 79.9. The first-order valence-corrected chi connectivity index (χ1v) is 6.14. The molecule has 0 unspecified atom stereocenters. The minimum absolute atomic E-state index is 0.504. The van der Waals surface area contributed by atoms with Crippen molar-refractivity contribution < 1.29 is 4.74 Å². The van der Waals surface area contributed by atoms with Crippen LogP contribution in [-0.2, 0) is 0 Å². The Kier molecular flexibility index (Phi) is 3.54. The largest absolute Gasteiger partial charge is 0.454 e. The van der Waals surface area contributed by atoms with Crippen molar-refractivity contribution in [3.63, 3.8) is 0 Å². The Morgan fingerprint density at radius 1 is 1.22 bits per heavy atom. The number of nitrogens with two attached hydrogens (primary N) is 1. The Morgan fingerprint density at radius 3 is 2.67 bits per heavy atom. The lowest BCUT2D eigenvalue weighted by Crippen LogP contribution is -1.94. The van der Waals surface area contributed by atoms with E-state index in [0.717, 1.165) is 5.56 Å². The summed E-state index contributed by atoms with van der Waals surface area (Å²) in [7, 11) is 0. The highest BCUT2D eigenvalue weighted by Crippen LogP contribution is 2.36. The Bertz CT molecular complexity index is 632. The van der Waals surface area contributed by atoms with Gasteiger partial charge >= 0.3 is 0 Å². The van der Waals surface area contributed by atoms with Gasteiger partial charge < -0.3 is 10.5 Å². The minimum atomic E-state index is 0.504. The molecule has 0 fully saturated rings. The lowest BCUT2D eigenvalue weighted by atomic mass is 10.1. The van der Waals surface area contributed by atoms with Gasteiger partial charge in [0.1, 0.15) is 17.6 Å². The minimum Gasteiger partial charge on any atom is -0.454 e. The lowest BCUT2D eigenvalue weighted by molar-refractivity contribution is 0.474. The zero-order valence-electron chi connectivity index (χ0n) is 9.77. The summed E-state index contributed by atoms with van der Waals surface area (Å²) in [6.07, 6.45) is 0. The maximum atomic E-state index is 9.08. The number of hydrogen-bond acceptors (Lipinski definition) is 3. The third-order valence-electron chi connectivity index (χ3n) is 2.54. The number of hydrogen-bond donors (Lipinski definition) is 1. The zero-order valence-corrected chi connectivity index (χ0v) is 11.4. The average molecular weight is 303 g/mol. The number of nitriles is 1. The number of benzene rings is 2. The summed E-state index contributed by atoms with van der Waals surface area (Å²) in [5.41, 5.74) is 7.80. The third kappa shape index (κ3) is 2.31. The van der Waals surface area contributed by atoms with E-state index >= 15 is 0 Å². The number of aryl methyl sites for hydroxylation is 1. The number of nitrogens with zero attached hydrogens (tertiary/aromatic N) is 1. The number of ether oxygens (including phenoxy) is 1. The van der Waals surface area contributed by atoms with Crippen molar-refractivity contribution in [2.24, 2.45) is 0 Å². The first-order valence-electron chi connectivity index (χ1n) is 5.35. The predicted octanol–water partition coefficient (Wildman–Crippen LogP) is 4.00. The highest BCUT2D eigenvalue weighted by molar-refractivity contribution is 9.10. The normalized spacial score (nSPS) is 9.83. The summed E-state index contributed by atoms with van der Waals surface area (Å²) in [6, 6.07) is 13.0. The van der Waals surface area contributed by atoms with Gasteiger partial charge in [0.25, 0.3) is 0 Å².